The number of ether oxygens (including phenoxy) is 1. The molecule has 0 radical (unpaired) electrons. The molecule has 1 amide bonds. The molecule has 5 heteroatoms. The van der Waals surface area contributed by atoms with Gasteiger partial charge in [0.05, 0.1) is 18.2 Å². The number of carbonyl (C=O) groups excluding carboxylic acids is 1. The van der Waals surface area contributed by atoms with Gasteiger partial charge >= 0.3 is 0 Å². The molecule has 0 aromatic rings. The van der Waals surface area contributed by atoms with Crippen LogP contribution in [0, 0.1) is 11.8 Å². The highest BCUT2D eigenvalue weighted by molar-refractivity contribution is 5.82. The Morgan fingerprint density at radius 1 is 1.13 bits per heavy atom. The fourth-order valence-corrected chi connectivity index (χ4v) is 5.33. The van der Waals surface area contributed by atoms with E-state index in [2.05, 4.69) is 29.4 Å². The number of fused-ring (bicyclic) bond motifs is 1. The minimum Gasteiger partial charge on any atom is -0.363 e. The molecule has 2 N–H and O–H groups in total. The molecule has 5 nitrogen and oxygen atoms in total. The Labute approximate surface area is 139 Å². The second-order valence-corrected chi connectivity index (χ2v) is 8.77. The Hall–Kier alpha value is -0.650. The molecule has 1 spiro atoms. The van der Waals surface area contributed by atoms with Crippen molar-refractivity contribution in [1.29, 1.82) is 0 Å². The quantitative estimate of drug-likeness (QED) is 0.760. The zero-order valence-corrected chi connectivity index (χ0v) is 14.6. The van der Waals surface area contributed by atoms with E-state index in [4.69, 9.17) is 4.74 Å². The van der Waals surface area contributed by atoms with Crippen LogP contribution in [0.15, 0.2) is 0 Å². The fourth-order valence-electron chi connectivity index (χ4n) is 5.33. The predicted molar refractivity (Wildman–Crippen MR) is 89.2 cm³/mol. The van der Waals surface area contributed by atoms with Gasteiger partial charge in [-0.15, -0.1) is 0 Å². The summed E-state index contributed by atoms with van der Waals surface area (Å²) >= 11 is 0. The maximum atomic E-state index is 13.3. The van der Waals surface area contributed by atoms with Crippen molar-refractivity contribution in [2.75, 3.05) is 32.7 Å². The van der Waals surface area contributed by atoms with Crippen LogP contribution < -0.4 is 10.6 Å². The average molecular weight is 321 g/mol. The monoisotopic (exact) mass is 321 g/mol. The SMILES string of the molecule is CC1(C)CN(C(=O)C2NCCC3CCCCC32)CC2(CNC2)O1. The Kier molecular flexibility index (Phi) is 3.94. The first kappa shape index (κ1) is 15.9. The topological polar surface area (TPSA) is 53.6 Å². The van der Waals surface area contributed by atoms with Crippen molar-refractivity contribution in [2.45, 2.75) is 63.2 Å². The van der Waals surface area contributed by atoms with E-state index in [0.29, 0.717) is 18.4 Å². The van der Waals surface area contributed by atoms with Crippen LogP contribution >= 0.6 is 0 Å². The van der Waals surface area contributed by atoms with Crippen molar-refractivity contribution in [3.05, 3.63) is 0 Å². The molecule has 1 saturated carbocycles. The van der Waals surface area contributed by atoms with E-state index in [9.17, 15) is 4.79 Å². The summed E-state index contributed by atoms with van der Waals surface area (Å²) in [5, 5.41) is 6.87. The minimum atomic E-state index is -0.253. The van der Waals surface area contributed by atoms with Gasteiger partial charge in [-0.1, -0.05) is 19.3 Å². The first-order chi connectivity index (χ1) is 11.0. The third kappa shape index (κ3) is 2.92. The number of nitrogens with one attached hydrogen (secondary N) is 2. The summed E-state index contributed by atoms with van der Waals surface area (Å²) in [5.74, 6) is 1.63. The molecule has 130 valence electrons. The molecule has 1 aliphatic carbocycles. The van der Waals surface area contributed by atoms with Crippen LogP contribution in [-0.4, -0.2) is 60.8 Å². The Morgan fingerprint density at radius 3 is 2.65 bits per heavy atom. The van der Waals surface area contributed by atoms with E-state index in [1.54, 1.807) is 0 Å². The maximum absolute atomic E-state index is 13.3. The first-order valence-electron chi connectivity index (χ1n) is 9.41. The van der Waals surface area contributed by atoms with Gasteiger partial charge in [-0.2, -0.15) is 0 Å². The molecule has 0 aromatic heterocycles. The van der Waals surface area contributed by atoms with Gasteiger partial charge in [0.2, 0.25) is 5.91 Å². The zero-order valence-electron chi connectivity index (χ0n) is 14.6. The second-order valence-electron chi connectivity index (χ2n) is 8.77. The molecule has 3 saturated heterocycles. The van der Waals surface area contributed by atoms with Crippen molar-refractivity contribution in [3.8, 4) is 0 Å². The van der Waals surface area contributed by atoms with Crippen LogP contribution in [0.3, 0.4) is 0 Å². The standard InChI is InChI=1S/C18H31N3O2/c1-17(2)11-21(12-18(23-17)9-19-10-18)16(22)15-14-6-4-3-5-13(14)7-8-20-15/h13-15,19-20H,3-12H2,1-2H3. The van der Waals surface area contributed by atoms with Gasteiger partial charge < -0.3 is 20.3 Å². The van der Waals surface area contributed by atoms with E-state index < -0.39 is 0 Å². The third-order valence-electron chi connectivity index (χ3n) is 6.29. The lowest BCUT2D eigenvalue weighted by atomic mass is 9.71. The highest BCUT2D eigenvalue weighted by Gasteiger charge is 2.51. The predicted octanol–water partition coefficient (Wildman–Crippen LogP) is 1.13. The average Bonchev–Trinajstić information content (AvgIpc) is 2.50. The van der Waals surface area contributed by atoms with Crippen LogP contribution in [-0.2, 0) is 9.53 Å². The van der Waals surface area contributed by atoms with Gasteiger partial charge in [0.1, 0.15) is 5.60 Å². The Balaban J connectivity index is 1.51. The molecule has 3 unspecified atom stereocenters. The number of piperidine rings is 1. The number of nitrogens with zero attached hydrogens (tertiary/aromatic N) is 1. The molecule has 4 rings (SSSR count). The smallest absolute Gasteiger partial charge is 0.240 e. The summed E-state index contributed by atoms with van der Waals surface area (Å²) in [6, 6.07) is 0.0352. The number of morpholine rings is 1. The first-order valence-corrected chi connectivity index (χ1v) is 9.41. The maximum Gasteiger partial charge on any atom is 0.240 e. The van der Waals surface area contributed by atoms with E-state index in [1.165, 1.54) is 32.1 Å². The number of hydrogen-bond acceptors (Lipinski definition) is 4. The van der Waals surface area contributed by atoms with Crippen LogP contribution in [0.5, 0.6) is 0 Å². The summed E-state index contributed by atoms with van der Waals surface area (Å²) in [4.78, 5) is 15.4. The van der Waals surface area contributed by atoms with E-state index in [0.717, 1.165) is 32.1 Å². The van der Waals surface area contributed by atoms with Gasteiger partial charge in [0.15, 0.2) is 0 Å². The summed E-state index contributed by atoms with van der Waals surface area (Å²) < 4.78 is 6.29. The number of amides is 1. The number of carbonyl (C=O) groups is 1. The molecular formula is C18H31N3O2. The molecule has 0 bridgehead atoms. The molecule has 4 aliphatic rings. The summed E-state index contributed by atoms with van der Waals surface area (Å²) in [5.41, 5.74) is -0.408. The van der Waals surface area contributed by atoms with Gasteiger partial charge in [0, 0.05) is 19.6 Å². The fraction of sp³-hybridized carbons (Fsp3) is 0.944. The van der Waals surface area contributed by atoms with Crippen LogP contribution in [0.1, 0.15) is 46.0 Å². The number of hydrogen-bond donors (Lipinski definition) is 2. The molecule has 3 heterocycles. The Morgan fingerprint density at radius 2 is 1.91 bits per heavy atom. The largest absolute Gasteiger partial charge is 0.363 e. The lowest BCUT2D eigenvalue weighted by Gasteiger charge is -2.55. The highest BCUT2D eigenvalue weighted by atomic mass is 16.5. The molecule has 4 fully saturated rings. The summed E-state index contributed by atoms with van der Waals surface area (Å²) in [7, 11) is 0. The van der Waals surface area contributed by atoms with E-state index >= 15 is 0 Å². The van der Waals surface area contributed by atoms with E-state index in [-0.39, 0.29) is 17.2 Å². The molecule has 3 atom stereocenters. The van der Waals surface area contributed by atoms with Crippen molar-refractivity contribution in [3.63, 3.8) is 0 Å². The van der Waals surface area contributed by atoms with Gasteiger partial charge in [-0.3, -0.25) is 4.79 Å². The molecule has 23 heavy (non-hydrogen) atoms. The lowest BCUT2D eigenvalue weighted by Crippen LogP contribution is -2.74. The number of rotatable bonds is 1. The Bertz CT molecular complexity index is 473. The van der Waals surface area contributed by atoms with Crippen molar-refractivity contribution < 1.29 is 9.53 Å². The minimum absolute atomic E-state index is 0.0352. The van der Waals surface area contributed by atoms with Crippen LogP contribution in [0.4, 0.5) is 0 Å². The van der Waals surface area contributed by atoms with Crippen LogP contribution in [0.2, 0.25) is 0 Å². The van der Waals surface area contributed by atoms with Crippen LogP contribution in [0.25, 0.3) is 0 Å². The van der Waals surface area contributed by atoms with Gasteiger partial charge in [0.25, 0.3) is 0 Å². The van der Waals surface area contributed by atoms with Gasteiger partial charge in [-0.25, -0.2) is 0 Å². The van der Waals surface area contributed by atoms with Crippen molar-refractivity contribution in [2.24, 2.45) is 11.8 Å². The van der Waals surface area contributed by atoms with Crippen molar-refractivity contribution in [1.82, 2.24) is 15.5 Å². The third-order valence-corrected chi connectivity index (χ3v) is 6.29. The van der Waals surface area contributed by atoms with Gasteiger partial charge in [-0.05, 0) is 45.1 Å². The molecule has 0 aromatic carbocycles. The lowest BCUT2D eigenvalue weighted by molar-refractivity contribution is -0.217. The van der Waals surface area contributed by atoms with E-state index in [1.807, 2.05) is 0 Å². The summed E-state index contributed by atoms with van der Waals surface area (Å²) in [6.07, 6.45) is 6.42. The molecular weight excluding hydrogens is 290 g/mol. The highest BCUT2D eigenvalue weighted by Crippen LogP contribution is 2.38. The second kappa shape index (κ2) is 5.71. The van der Waals surface area contributed by atoms with Crippen molar-refractivity contribution >= 4 is 5.91 Å². The summed E-state index contributed by atoms with van der Waals surface area (Å²) in [6.45, 7) is 8.42. The normalized spacial score (nSPS) is 38.7. The zero-order chi connectivity index (χ0) is 16.1. The molecule has 3 aliphatic heterocycles.